The van der Waals surface area contributed by atoms with Gasteiger partial charge in [0.05, 0.1) is 5.56 Å². The van der Waals surface area contributed by atoms with Gasteiger partial charge in [-0.05, 0) is 174 Å². The van der Waals surface area contributed by atoms with Crippen molar-refractivity contribution in [1.82, 2.24) is 0 Å². The van der Waals surface area contributed by atoms with Gasteiger partial charge < -0.3 is 0 Å². The second-order valence-corrected chi connectivity index (χ2v) is 23.4. The molecule has 0 fully saturated rings. The molecule has 12 aromatic rings. The number of aryl methyl sites for hydroxylation is 16. The molecule has 0 saturated carbocycles. The van der Waals surface area contributed by atoms with Gasteiger partial charge in [-0.2, -0.15) is 4.57 Å². The van der Waals surface area contributed by atoms with Crippen molar-refractivity contribution >= 4 is 0 Å². The van der Waals surface area contributed by atoms with Gasteiger partial charge in [0.25, 0.3) is 0 Å². The minimum atomic E-state index is 1.26. The van der Waals surface area contributed by atoms with Crippen molar-refractivity contribution in [2.45, 2.75) is 76.2 Å². The van der Waals surface area contributed by atoms with Gasteiger partial charge >= 0.3 is 0 Å². The summed E-state index contributed by atoms with van der Waals surface area (Å²) in [6, 6.07) is 80.7. The molecule has 0 bridgehead atoms. The van der Waals surface area contributed by atoms with Gasteiger partial charge in [0.15, 0.2) is 36.7 Å². The lowest BCUT2D eigenvalue weighted by atomic mass is 9.99. The van der Waals surface area contributed by atoms with Crippen LogP contribution in [0.2, 0.25) is 0 Å². The molecular weight excluding hydrogens is 1080 g/mol. The van der Waals surface area contributed by atoms with Crippen LogP contribution in [0.3, 0.4) is 0 Å². The van der Waals surface area contributed by atoms with Crippen LogP contribution in [-0.4, -0.2) is 0 Å². The molecule has 0 radical (unpaired) electrons. The van der Waals surface area contributed by atoms with Crippen LogP contribution in [0.1, 0.15) is 61.3 Å². The SMILES string of the molecule is Cc1cc[n+](C)c(-c2ccccc2C)c1.Cc1ccc(-c2ccccc2C)[n+](C)c1.Cc1cccc(C)c1-c1cccc[n+]1C.Cc1ccccc1-c1c(C)ccc[n+]1C.Cc1ccccc1-c1cccc(C)[n+]1C.Cc1ccccc1-c1cccc[n+]1C. The van der Waals surface area contributed by atoms with Crippen molar-refractivity contribution in [3.8, 4) is 67.5 Å². The van der Waals surface area contributed by atoms with E-state index in [-0.39, 0.29) is 0 Å². The number of hydrogen-bond donors (Lipinski definition) is 0. The number of rotatable bonds is 6. The number of hydrogen-bond acceptors (Lipinski definition) is 0. The predicted molar refractivity (Wildman–Crippen MR) is 370 cm³/mol. The average Bonchev–Trinajstić information content (AvgIpc) is 3.60. The van der Waals surface area contributed by atoms with Gasteiger partial charge in [0.2, 0.25) is 34.2 Å². The van der Waals surface area contributed by atoms with E-state index >= 15 is 0 Å². The summed E-state index contributed by atoms with van der Waals surface area (Å²) in [6.07, 6.45) is 10.5. The van der Waals surface area contributed by atoms with E-state index in [0.29, 0.717) is 0 Å². The molecule has 0 aliphatic rings. The van der Waals surface area contributed by atoms with Crippen molar-refractivity contribution in [2.24, 2.45) is 42.3 Å². The van der Waals surface area contributed by atoms with E-state index in [0.717, 1.165) is 0 Å². The molecule has 0 unspecified atom stereocenters. The highest BCUT2D eigenvalue weighted by atomic mass is 14.9. The first kappa shape index (κ1) is 66.7. The number of pyridine rings is 6. The molecule has 89 heavy (non-hydrogen) atoms. The summed E-state index contributed by atoms with van der Waals surface area (Å²) in [6.45, 7) is 23.6. The molecule has 6 heteroatoms. The van der Waals surface area contributed by atoms with Crippen LogP contribution < -0.4 is 27.4 Å². The van der Waals surface area contributed by atoms with E-state index in [2.05, 4.69) is 401 Å². The van der Waals surface area contributed by atoms with Crippen molar-refractivity contribution in [1.29, 1.82) is 0 Å². The average molecular weight is 1180 g/mol. The van der Waals surface area contributed by atoms with E-state index in [1.165, 1.54) is 129 Å². The molecule has 0 N–H and O–H groups in total. The first-order chi connectivity index (χ1) is 42.7. The third-order valence-corrected chi connectivity index (χ3v) is 16.4. The highest BCUT2D eigenvalue weighted by Crippen LogP contribution is 2.26. The van der Waals surface area contributed by atoms with Crippen LogP contribution in [0.15, 0.2) is 262 Å². The molecule has 6 aromatic carbocycles. The van der Waals surface area contributed by atoms with E-state index < -0.39 is 0 Å². The third-order valence-electron chi connectivity index (χ3n) is 16.4. The largest absolute Gasteiger partial charge is 0.215 e. The molecule has 0 spiro atoms. The summed E-state index contributed by atoms with van der Waals surface area (Å²) in [7, 11) is 12.5. The van der Waals surface area contributed by atoms with Crippen molar-refractivity contribution in [2.75, 3.05) is 0 Å². The molecule has 0 saturated heterocycles. The molecule has 0 aliphatic carbocycles. The lowest BCUT2D eigenvalue weighted by Crippen LogP contribution is -2.34. The Morgan fingerprint density at radius 1 is 0.225 bits per heavy atom. The molecule has 0 amide bonds. The second-order valence-electron chi connectivity index (χ2n) is 23.4. The van der Waals surface area contributed by atoms with Crippen molar-refractivity contribution in [3.05, 3.63) is 323 Å². The van der Waals surface area contributed by atoms with Crippen molar-refractivity contribution in [3.63, 3.8) is 0 Å². The molecule has 0 atom stereocenters. The standard InChI is InChI=1S/5C14H16N.C13H14N/c1-11-7-6-8-12(2)14(11)13-9-4-5-10-15(13)3;1-11-7-4-5-9-13(11)14-12(2)8-6-10-15(14)3;1-11-7-4-5-9-13(11)14-10-6-8-12(2)15(14)3;1-11-8-9-15(3)14(10-11)13-7-5-4-6-12(13)2;1-11-8-9-14(15(3)10-11)13-7-5-4-6-12(13)2;1-11-7-3-4-8-12(11)13-9-5-6-10-14(13)2/h5*4-10H,1-3H3;3-10H,1-2H3/q6*+1. The van der Waals surface area contributed by atoms with Crippen molar-refractivity contribution < 1.29 is 27.4 Å². The molecule has 450 valence electrons. The van der Waals surface area contributed by atoms with E-state index in [1.54, 1.807) is 0 Å². The summed E-state index contributed by atoms with van der Waals surface area (Å²) >= 11 is 0. The maximum absolute atomic E-state index is 2.22. The first-order valence-electron chi connectivity index (χ1n) is 30.8. The Labute approximate surface area is 533 Å². The zero-order valence-corrected chi connectivity index (χ0v) is 56.0. The summed E-state index contributed by atoms with van der Waals surface area (Å²) < 4.78 is 13.0. The minimum Gasteiger partial charge on any atom is -0.201 e. The molecule has 12 rings (SSSR count). The van der Waals surface area contributed by atoms with Crippen LogP contribution in [0.5, 0.6) is 0 Å². The van der Waals surface area contributed by atoms with Gasteiger partial charge in [-0.25, -0.2) is 22.8 Å². The topological polar surface area (TPSA) is 23.3 Å². The maximum Gasteiger partial charge on any atom is 0.215 e. The van der Waals surface area contributed by atoms with Gasteiger partial charge in [0.1, 0.15) is 42.3 Å². The number of benzene rings is 6. The van der Waals surface area contributed by atoms with Gasteiger partial charge in [0, 0.05) is 107 Å². The predicted octanol–water partition coefficient (Wildman–Crippen LogP) is 16.5. The number of nitrogens with zero attached hydrogens (tertiary/aromatic N) is 6. The van der Waals surface area contributed by atoms with E-state index in [4.69, 9.17) is 0 Å². The highest BCUT2D eigenvalue weighted by molar-refractivity contribution is 5.67. The number of aromatic nitrogens is 6. The molecular formula is C83H94N6+6. The Bertz CT molecular complexity index is 4080. The summed E-state index contributed by atoms with van der Waals surface area (Å²) in [5.41, 5.74) is 29.9. The quantitative estimate of drug-likeness (QED) is 0.148. The second kappa shape index (κ2) is 32.3. The Morgan fingerprint density at radius 3 is 1.07 bits per heavy atom. The summed E-state index contributed by atoms with van der Waals surface area (Å²) in [4.78, 5) is 0. The van der Waals surface area contributed by atoms with Crippen LogP contribution in [0.25, 0.3) is 67.5 Å². The van der Waals surface area contributed by atoms with Crippen LogP contribution in [0.4, 0.5) is 0 Å². The fourth-order valence-corrected chi connectivity index (χ4v) is 11.2. The minimum absolute atomic E-state index is 1.26. The van der Waals surface area contributed by atoms with Gasteiger partial charge in [-0.3, -0.25) is 0 Å². The first-order valence-corrected chi connectivity index (χ1v) is 30.8. The van der Waals surface area contributed by atoms with Gasteiger partial charge in [-0.15, -0.1) is 0 Å². The van der Waals surface area contributed by atoms with Gasteiger partial charge in [-0.1, -0.05) is 109 Å². The Hall–Kier alpha value is -9.78. The van der Waals surface area contributed by atoms with Crippen LogP contribution in [-0.2, 0) is 42.3 Å². The monoisotopic (exact) mass is 1170 g/mol. The fraction of sp³-hybridized carbons (Fsp3) is 0.205. The smallest absolute Gasteiger partial charge is 0.201 e. The Balaban J connectivity index is 0.000000152. The lowest BCUT2D eigenvalue weighted by molar-refractivity contribution is -0.666. The van der Waals surface area contributed by atoms with Crippen LogP contribution in [0, 0.1) is 76.2 Å². The summed E-state index contributed by atoms with van der Waals surface area (Å²) in [5.74, 6) is 0. The molecule has 6 aromatic heterocycles. The zero-order chi connectivity index (χ0) is 64.1. The Kier molecular flexibility index (Phi) is 24.2. The highest BCUT2D eigenvalue weighted by Gasteiger charge is 2.17. The Morgan fingerprint density at radius 2 is 0.596 bits per heavy atom. The van der Waals surface area contributed by atoms with E-state index in [1.807, 2.05) is 6.07 Å². The fourth-order valence-electron chi connectivity index (χ4n) is 11.2. The molecule has 0 aliphatic heterocycles. The van der Waals surface area contributed by atoms with E-state index in [9.17, 15) is 0 Å². The maximum atomic E-state index is 2.22. The lowest BCUT2D eigenvalue weighted by Gasteiger charge is -2.07. The normalized spacial score (nSPS) is 10.3. The zero-order valence-electron chi connectivity index (χ0n) is 56.0. The molecule has 6 nitrogen and oxygen atoms in total. The summed E-state index contributed by atoms with van der Waals surface area (Å²) in [5, 5.41) is 0. The third kappa shape index (κ3) is 17.9. The van der Waals surface area contributed by atoms with Crippen LogP contribution >= 0.6 is 0 Å². The molecule has 6 heterocycles.